The van der Waals surface area contributed by atoms with Crippen molar-refractivity contribution >= 4 is 10.1 Å². The number of unbranched alkanes of at least 4 members (excludes halogenated alkanes) is 10. The van der Waals surface area contributed by atoms with Crippen molar-refractivity contribution in [3.8, 4) is 0 Å². The molecule has 3 nitrogen and oxygen atoms in total. The molecule has 0 aromatic carbocycles. The number of hydrogen-bond acceptors (Lipinski definition) is 3. The Balaban J connectivity index is 0. The fraction of sp³-hybridized carbons (Fsp3) is 0.857. The Bertz CT molecular complexity index is 300. The van der Waals surface area contributed by atoms with E-state index >= 15 is 0 Å². The van der Waals surface area contributed by atoms with Crippen LogP contribution in [0, 0.1) is 0 Å². The molecular formula is C14H27KO3S. The van der Waals surface area contributed by atoms with Crippen LogP contribution in [0.25, 0.3) is 0 Å². The van der Waals surface area contributed by atoms with Crippen molar-refractivity contribution in [2.24, 2.45) is 0 Å². The fourth-order valence-corrected chi connectivity index (χ4v) is 2.31. The number of rotatable bonds is 12. The van der Waals surface area contributed by atoms with Gasteiger partial charge in [-0.2, -0.15) is 0 Å². The van der Waals surface area contributed by atoms with Gasteiger partial charge in [-0.05, 0) is 12.8 Å². The molecule has 0 bridgehead atoms. The summed E-state index contributed by atoms with van der Waals surface area (Å²) in [6.07, 6.45) is 14.8. The van der Waals surface area contributed by atoms with E-state index in [1.165, 1.54) is 57.4 Å². The third-order valence-corrected chi connectivity index (χ3v) is 3.51. The van der Waals surface area contributed by atoms with Gasteiger partial charge in [-0.15, -0.1) is 0 Å². The Hall–Kier alpha value is 1.29. The minimum Gasteiger partial charge on any atom is -0.744 e. The molecule has 0 fully saturated rings. The monoisotopic (exact) mass is 314 g/mol. The molecule has 0 radical (unpaired) electrons. The minimum atomic E-state index is -4.17. The molecule has 0 aliphatic carbocycles. The van der Waals surface area contributed by atoms with Crippen molar-refractivity contribution in [1.29, 1.82) is 0 Å². The Kier molecular flexibility index (Phi) is 18.6. The molecule has 0 aromatic heterocycles. The molecule has 0 saturated heterocycles. The average molecular weight is 315 g/mol. The largest absolute Gasteiger partial charge is 1.00 e. The average Bonchev–Trinajstić information content (AvgIpc) is 2.29. The normalized spacial score (nSPS) is 11.7. The summed E-state index contributed by atoms with van der Waals surface area (Å²) in [7, 11) is -4.17. The van der Waals surface area contributed by atoms with Crippen molar-refractivity contribution in [2.75, 3.05) is 0 Å². The van der Waals surface area contributed by atoms with Gasteiger partial charge in [0.25, 0.3) is 0 Å². The molecule has 0 heterocycles. The maximum atomic E-state index is 10.3. The first kappa shape index (κ1) is 22.6. The van der Waals surface area contributed by atoms with Crippen molar-refractivity contribution in [3.63, 3.8) is 0 Å². The van der Waals surface area contributed by atoms with Crippen LogP contribution < -0.4 is 51.4 Å². The van der Waals surface area contributed by atoms with Crippen LogP contribution in [0.2, 0.25) is 0 Å². The second-order valence-electron chi connectivity index (χ2n) is 4.84. The van der Waals surface area contributed by atoms with E-state index in [-0.39, 0.29) is 51.4 Å². The summed E-state index contributed by atoms with van der Waals surface area (Å²) in [5.74, 6) is 0. The van der Waals surface area contributed by atoms with Gasteiger partial charge in [-0.3, -0.25) is 0 Å². The fourth-order valence-electron chi connectivity index (χ4n) is 1.94. The van der Waals surface area contributed by atoms with E-state index in [9.17, 15) is 13.0 Å². The summed E-state index contributed by atoms with van der Waals surface area (Å²) in [5.41, 5.74) is 0. The van der Waals surface area contributed by atoms with Gasteiger partial charge in [0.1, 0.15) is 10.1 Å². The predicted octanol–water partition coefficient (Wildman–Crippen LogP) is 1.36. The van der Waals surface area contributed by atoms with E-state index in [2.05, 4.69) is 6.92 Å². The summed E-state index contributed by atoms with van der Waals surface area (Å²) >= 11 is 0. The van der Waals surface area contributed by atoms with Gasteiger partial charge in [-0.25, -0.2) is 8.42 Å². The van der Waals surface area contributed by atoms with Gasteiger partial charge in [-0.1, -0.05) is 70.8 Å². The molecule has 0 N–H and O–H groups in total. The van der Waals surface area contributed by atoms with E-state index in [0.29, 0.717) is 6.42 Å². The molecule has 0 spiro atoms. The van der Waals surface area contributed by atoms with Crippen LogP contribution in [0.3, 0.4) is 0 Å². The number of hydrogen-bond donors (Lipinski definition) is 0. The Morgan fingerprint density at radius 2 is 1.26 bits per heavy atom. The molecule has 0 amide bonds. The van der Waals surface area contributed by atoms with Gasteiger partial charge >= 0.3 is 51.4 Å². The van der Waals surface area contributed by atoms with Crippen molar-refractivity contribution in [2.45, 2.75) is 77.6 Å². The van der Waals surface area contributed by atoms with Gasteiger partial charge < -0.3 is 4.55 Å². The summed E-state index contributed by atoms with van der Waals surface area (Å²) in [4.78, 5) is 0. The van der Waals surface area contributed by atoms with Crippen LogP contribution in [0.5, 0.6) is 0 Å². The summed E-state index contributed by atoms with van der Waals surface area (Å²) in [5, 5.41) is 0.765. The van der Waals surface area contributed by atoms with E-state index in [1.807, 2.05) is 0 Å². The summed E-state index contributed by atoms with van der Waals surface area (Å²) < 4.78 is 30.8. The van der Waals surface area contributed by atoms with Gasteiger partial charge in [0.05, 0.1) is 0 Å². The van der Waals surface area contributed by atoms with Crippen LogP contribution in [-0.2, 0) is 10.1 Å². The smallest absolute Gasteiger partial charge is 0.744 e. The first-order valence-electron chi connectivity index (χ1n) is 7.18. The molecule has 0 aliphatic rings. The van der Waals surface area contributed by atoms with Crippen molar-refractivity contribution < 1.29 is 64.4 Å². The Morgan fingerprint density at radius 1 is 0.842 bits per heavy atom. The maximum Gasteiger partial charge on any atom is 1.00 e. The molecule has 0 unspecified atom stereocenters. The van der Waals surface area contributed by atoms with Crippen molar-refractivity contribution in [1.82, 2.24) is 0 Å². The Morgan fingerprint density at radius 3 is 1.68 bits per heavy atom. The molecule has 0 saturated carbocycles. The third-order valence-electron chi connectivity index (χ3n) is 2.99. The molecular weight excluding hydrogens is 287 g/mol. The standard InChI is InChI=1S/C14H28O3S.K/c1-2-3-4-5-6-7-8-9-10-11-12-13-14-18(15,16)17;/h13-14H,2-12H2,1H3,(H,15,16,17);/q;+1/p-1/b14-13+;. The van der Waals surface area contributed by atoms with Gasteiger partial charge in [0.15, 0.2) is 0 Å². The van der Waals surface area contributed by atoms with E-state index < -0.39 is 10.1 Å². The molecule has 5 heteroatoms. The zero-order valence-electron chi connectivity index (χ0n) is 12.6. The van der Waals surface area contributed by atoms with Crippen molar-refractivity contribution in [3.05, 3.63) is 11.5 Å². The zero-order chi connectivity index (χ0) is 13.7. The molecule has 0 atom stereocenters. The molecule has 0 aliphatic heterocycles. The molecule has 0 rings (SSSR count). The first-order chi connectivity index (χ1) is 8.56. The molecule has 0 aromatic rings. The quantitative estimate of drug-likeness (QED) is 0.310. The summed E-state index contributed by atoms with van der Waals surface area (Å²) in [6, 6.07) is 0. The van der Waals surface area contributed by atoms with E-state index in [1.54, 1.807) is 0 Å². The topological polar surface area (TPSA) is 57.2 Å². The Labute approximate surface area is 161 Å². The van der Waals surface area contributed by atoms with Crippen LogP contribution in [0.4, 0.5) is 0 Å². The SMILES string of the molecule is CCCCCCCCCCCC/C=C/S(=O)(=O)[O-].[K+]. The van der Waals surface area contributed by atoms with E-state index in [4.69, 9.17) is 0 Å². The third kappa shape index (κ3) is 21.7. The number of allylic oxidation sites excluding steroid dienone is 1. The second-order valence-corrected chi connectivity index (χ2v) is 6.09. The van der Waals surface area contributed by atoms with Crippen LogP contribution in [0.1, 0.15) is 77.6 Å². The minimum absolute atomic E-state index is 0. The van der Waals surface area contributed by atoms with E-state index in [0.717, 1.165) is 18.2 Å². The maximum absolute atomic E-state index is 10.3. The predicted molar refractivity (Wildman–Crippen MR) is 75.3 cm³/mol. The van der Waals surface area contributed by atoms with Crippen LogP contribution in [-0.4, -0.2) is 13.0 Å². The van der Waals surface area contributed by atoms with Crippen LogP contribution >= 0.6 is 0 Å². The van der Waals surface area contributed by atoms with Gasteiger partial charge in [0, 0.05) is 5.41 Å². The molecule has 108 valence electrons. The first-order valence-corrected chi connectivity index (χ1v) is 8.66. The van der Waals surface area contributed by atoms with Gasteiger partial charge in [0.2, 0.25) is 0 Å². The summed E-state index contributed by atoms with van der Waals surface area (Å²) in [6.45, 7) is 2.23. The second kappa shape index (κ2) is 15.7. The zero-order valence-corrected chi connectivity index (χ0v) is 16.5. The van der Waals surface area contributed by atoms with Crippen LogP contribution in [0.15, 0.2) is 11.5 Å². The molecule has 19 heavy (non-hydrogen) atoms.